The van der Waals surface area contributed by atoms with Crippen LogP contribution in [0.2, 0.25) is 5.02 Å². The van der Waals surface area contributed by atoms with E-state index in [9.17, 15) is 19.2 Å². The van der Waals surface area contributed by atoms with E-state index in [4.69, 9.17) is 16.6 Å². The Morgan fingerprint density at radius 3 is 2.60 bits per heavy atom. The fraction of sp³-hybridized carbons (Fsp3) is 0.421. The number of unbranched alkanes of at least 4 members (excludes halogenated alkanes) is 4. The van der Waals surface area contributed by atoms with Gasteiger partial charge in [0.15, 0.2) is 11.5 Å². The molecular formula is C38H42ClN9O4S. The summed E-state index contributed by atoms with van der Waals surface area (Å²) in [4.78, 5) is 62.4. The molecule has 15 heteroatoms. The van der Waals surface area contributed by atoms with Crippen molar-refractivity contribution in [3.63, 3.8) is 0 Å². The number of hydrogen-bond acceptors (Lipinski definition) is 9. The zero-order chi connectivity index (χ0) is 37.2. The van der Waals surface area contributed by atoms with Crippen LogP contribution in [-0.4, -0.2) is 58.9 Å². The number of carbonyl (C=O) groups is 3. The number of nitrogens with zero attached hydrogens (tertiary/aromatic N) is 7. The lowest BCUT2D eigenvalue weighted by molar-refractivity contribution is -0.131. The van der Waals surface area contributed by atoms with Gasteiger partial charge in [0.2, 0.25) is 17.7 Å². The van der Waals surface area contributed by atoms with Crippen molar-refractivity contribution in [2.45, 2.75) is 97.2 Å². The second kappa shape index (κ2) is 15.6. The first kappa shape index (κ1) is 36.4. The van der Waals surface area contributed by atoms with E-state index in [-0.39, 0.29) is 30.3 Å². The molecule has 53 heavy (non-hydrogen) atoms. The Kier molecular flexibility index (Phi) is 10.7. The van der Waals surface area contributed by atoms with Crippen LogP contribution in [0, 0.1) is 20.8 Å². The Morgan fingerprint density at radius 1 is 1.02 bits per heavy atom. The Labute approximate surface area is 315 Å². The molecule has 6 heterocycles. The highest BCUT2D eigenvalue weighted by Crippen LogP contribution is 2.39. The van der Waals surface area contributed by atoms with Crippen LogP contribution >= 0.6 is 22.9 Å². The van der Waals surface area contributed by atoms with Crippen LogP contribution in [-0.2, 0) is 20.9 Å². The molecule has 3 amide bonds. The summed E-state index contributed by atoms with van der Waals surface area (Å²) >= 11 is 7.90. The van der Waals surface area contributed by atoms with Gasteiger partial charge in [-0.1, -0.05) is 43.0 Å². The Morgan fingerprint density at radius 2 is 1.79 bits per heavy atom. The lowest BCUT2D eigenvalue weighted by atomic mass is 9.99. The number of pyridine rings is 1. The highest BCUT2D eigenvalue weighted by Gasteiger charge is 2.33. The van der Waals surface area contributed by atoms with Crippen LogP contribution in [0.1, 0.15) is 103 Å². The second-order valence-electron chi connectivity index (χ2n) is 13.7. The monoisotopic (exact) mass is 755 g/mol. The van der Waals surface area contributed by atoms with Crippen LogP contribution in [0.5, 0.6) is 0 Å². The molecule has 2 N–H and O–H groups in total. The summed E-state index contributed by atoms with van der Waals surface area (Å²) in [5, 5.41) is 16.0. The van der Waals surface area contributed by atoms with Crippen LogP contribution in [0.25, 0.3) is 16.2 Å². The van der Waals surface area contributed by atoms with Crippen molar-refractivity contribution in [2.75, 3.05) is 6.54 Å². The summed E-state index contributed by atoms with van der Waals surface area (Å²) in [5.41, 5.74) is 4.75. The van der Waals surface area contributed by atoms with E-state index < -0.39 is 18.0 Å². The quantitative estimate of drug-likeness (QED) is 0.120. The van der Waals surface area contributed by atoms with Gasteiger partial charge in [-0.3, -0.25) is 38.4 Å². The number of aromatic nitrogens is 6. The summed E-state index contributed by atoms with van der Waals surface area (Å²) < 4.78 is 5.17. The number of rotatable bonds is 12. The fourth-order valence-corrected chi connectivity index (χ4v) is 8.60. The molecule has 1 saturated heterocycles. The van der Waals surface area contributed by atoms with Gasteiger partial charge in [-0.05, 0) is 76.3 Å². The number of nitrogens with one attached hydrogen (secondary N) is 2. The molecule has 7 rings (SSSR count). The van der Waals surface area contributed by atoms with Gasteiger partial charge in [0, 0.05) is 46.7 Å². The molecule has 0 saturated carbocycles. The summed E-state index contributed by atoms with van der Waals surface area (Å²) in [7, 11) is 0. The molecule has 13 nitrogen and oxygen atoms in total. The van der Waals surface area contributed by atoms with Crippen molar-refractivity contribution in [1.29, 1.82) is 0 Å². The maximum absolute atomic E-state index is 13.6. The van der Waals surface area contributed by atoms with Gasteiger partial charge in [0.25, 0.3) is 0 Å². The van der Waals surface area contributed by atoms with Crippen molar-refractivity contribution in [2.24, 2.45) is 4.99 Å². The minimum atomic E-state index is -0.771. The summed E-state index contributed by atoms with van der Waals surface area (Å²) in [6, 6.07) is 9.96. The zero-order valence-corrected chi connectivity index (χ0v) is 31.6. The Balaban J connectivity index is 0.943. The van der Waals surface area contributed by atoms with E-state index in [2.05, 4.69) is 39.7 Å². The van der Waals surface area contributed by atoms with Gasteiger partial charge in [0.1, 0.15) is 22.9 Å². The standard InChI is InChI=1S/C38H42ClN9O4S/c1-22-23(2)53-37-32(22)33(25-14-16-26(39)17-15-25)42-27(34-45-44-24(3)47(34)37)21-31(50)40-18-7-5-4-6-8-20-46-28-12-10-19-41-35(28)48(38(46)52)29-11-9-13-30(49)43-36(29)51/h10,12,14-17,19,27,29H,4-9,11,13,18,20-21H2,1-3H3,(H,40,50)(H,43,49,51)/t27-,29?/m0/s1. The molecule has 2 aliphatic heterocycles. The smallest absolute Gasteiger partial charge is 0.331 e. The summed E-state index contributed by atoms with van der Waals surface area (Å²) in [6.07, 6.45) is 7.27. The van der Waals surface area contributed by atoms with Crippen molar-refractivity contribution in [3.8, 4) is 5.00 Å². The van der Waals surface area contributed by atoms with Crippen LogP contribution in [0.3, 0.4) is 0 Å². The highest BCUT2D eigenvalue weighted by molar-refractivity contribution is 7.15. The van der Waals surface area contributed by atoms with E-state index in [1.54, 1.807) is 28.2 Å². The largest absolute Gasteiger partial charge is 0.356 e. The number of halogens is 1. The van der Waals surface area contributed by atoms with Gasteiger partial charge < -0.3 is 5.32 Å². The number of benzene rings is 1. The van der Waals surface area contributed by atoms with Gasteiger partial charge in [0.05, 0.1) is 17.6 Å². The Bertz CT molecular complexity index is 2280. The molecular weight excluding hydrogens is 714 g/mol. The number of imidazole rings is 1. The highest BCUT2D eigenvalue weighted by atomic mass is 35.5. The number of thiophene rings is 1. The first-order chi connectivity index (χ1) is 25.6. The first-order valence-corrected chi connectivity index (χ1v) is 19.3. The molecule has 0 spiro atoms. The minimum Gasteiger partial charge on any atom is -0.356 e. The van der Waals surface area contributed by atoms with E-state index >= 15 is 0 Å². The number of carbonyl (C=O) groups excluding carboxylic acids is 3. The van der Waals surface area contributed by atoms with Crippen LogP contribution in [0.15, 0.2) is 52.4 Å². The fourth-order valence-electron chi connectivity index (χ4n) is 7.26. The predicted octanol–water partition coefficient (Wildman–Crippen LogP) is 5.84. The van der Waals surface area contributed by atoms with Crippen LogP contribution < -0.4 is 16.3 Å². The van der Waals surface area contributed by atoms with Gasteiger partial charge in [-0.15, -0.1) is 21.5 Å². The van der Waals surface area contributed by atoms with E-state index in [1.165, 1.54) is 9.44 Å². The summed E-state index contributed by atoms with van der Waals surface area (Å²) in [6.45, 7) is 7.16. The molecule has 0 radical (unpaired) electrons. The van der Waals surface area contributed by atoms with Gasteiger partial charge in [-0.25, -0.2) is 9.78 Å². The molecule has 5 aromatic rings. The number of aliphatic imine (C=N–C) groups is 1. The maximum atomic E-state index is 13.6. The van der Waals surface area contributed by atoms with E-state index in [0.29, 0.717) is 47.9 Å². The molecule has 0 aliphatic carbocycles. The van der Waals surface area contributed by atoms with E-state index in [1.807, 2.05) is 41.8 Å². The van der Waals surface area contributed by atoms with Crippen molar-refractivity contribution < 1.29 is 14.4 Å². The molecule has 1 unspecified atom stereocenters. The van der Waals surface area contributed by atoms with Crippen molar-refractivity contribution in [3.05, 3.63) is 91.3 Å². The lowest BCUT2D eigenvalue weighted by Crippen LogP contribution is -2.38. The van der Waals surface area contributed by atoms with Gasteiger partial charge >= 0.3 is 5.69 Å². The number of aryl methyl sites for hydroxylation is 3. The molecule has 4 aromatic heterocycles. The average Bonchev–Trinajstić information content (AvgIpc) is 3.67. The van der Waals surface area contributed by atoms with Crippen molar-refractivity contribution >= 4 is 57.5 Å². The number of imide groups is 1. The molecule has 2 atom stereocenters. The van der Waals surface area contributed by atoms with E-state index in [0.717, 1.165) is 65.3 Å². The maximum Gasteiger partial charge on any atom is 0.331 e. The van der Waals surface area contributed by atoms with Crippen molar-refractivity contribution in [1.82, 2.24) is 39.5 Å². The summed E-state index contributed by atoms with van der Waals surface area (Å²) in [5.74, 6) is 0.516. The number of fused-ring (bicyclic) bond motifs is 4. The van der Waals surface area contributed by atoms with Crippen LogP contribution in [0.4, 0.5) is 0 Å². The second-order valence-corrected chi connectivity index (χ2v) is 15.3. The normalized spacial score (nSPS) is 17.2. The van der Waals surface area contributed by atoms with Gasteiger partial charge in [-0.2, -0.15) is 0 Å². The topological polar surface area (TPSA) is 158 Å². The third-order valence-corrected chi connectivity index (χ3v) is 11.5. The molecule has 1 fully saturated rings. The Hall–Kier alpha value is -4.95. The predicted molar refractivity (Wildman–Crippen MR) is 204 cm³/mol. The third kappa shape index (κ3) is 7.34. The average molecular weight is 756 g/mol. The lowest BCUT2D eigenvalue weighted by Gasteiger charge is -2.13. The third-order valence-electron chi connectivity index (χ3n) is 10.1. The number of hydrogen-bond donors (Lipinski definition) is 2. The zero-order valence-electron chi connectivity index (χ0n) is 30.0. The molecule has 0 bridgehead atoms. The minimum absolute atomic E-state index is 0.101. The molecule has 2 aliphatic rings. The SMILES string of the molecule is Cc1sc2c(c1C)C(c1ccc(Cl)cc1)=N[C@@H](CC(=O)NCCCCCCCn1c(=O)n(C3CCCC(=O)NC3=O)c3ncccc31)c1nnc(C)n1-2. The first-order valence-electron chi connectivity index (χ1n) is 18.1. The number of amides is 3. The molecule has 1 aromatic carbocycles. The molecule has 276 valence electrons.